The fourth-order valence-corrected chi connectivity index (χ4v) is 1.52. The summed E-state index contributed by atoms with van der Waals surface area (Å²) in [6.07, 6.45) is -2.95. The first-order valence-corrected chi connectivity index (χ1v) is 5.04. The molecule has 0 fully saturated rings. The number of halogens is 3. The number of alkyl halides is 3. The summed E-state index contributed by atoms with van der Waals surface area (Å²) >= 11 is 0. The van der Waals surface area contributed by atoms with Crippen LogP contribution in [0.1, 0.15) is 5.56 Å². The zero-order valence-corrected chi connectivity index (χ0v) is 9.08. The summed E-state index contributed by atoms with van der Waals surface area (Å²) in [7, 11) is 0. The lowest BCUT2D eigenvalue weighted by Crippen LogP contribution is -2.10. The maximum absolute atomic E-state index is 12.4. The highest BCUT2D eigenvalue weighted by atomic mass is 19.4. The van der Waals surface area contributed by atoms with Gasteiger partial charge in [0.25, 0.3) is 5.56 Å². The number of aromatic nitrogens is 1. The molecule has 0 unspecified atom stereocenters. The van der Waals surface area contributed by atoms with Crippen molar-refractivity contribution in [2.24, 2.45) is 0 Å². The molecule has 2 aromatic rings. The van der Waals surface area contributed by atoms with Crippen LogP contribution in [0, 0.1) is 0 Å². The first-order chi connectivity index (χ1) is 8.38. The smallest absolute Gasteiger partial charge is 0.394 e. The molecule has 0 aliphatic heterocycles. The number of anilines is 1. The van der Waals surface area contributed by atoms with E-state index in [0.717, 1.165) is 12.1 Å². The summed E-state index contributed by atoms with van der Waals surface area (Å²) in [5, 5.41) is 0. The van der Waals surface area contributed by atoms with Crippen molar-refractivity contribution in [1.29, 1.82) is 0 Å². The Bertz CT molecular complexity index is 614. The summed E-state index contributed by atoms with van der Waals surface area (Å²) in [5.41, 5.74) is 5.41. The van der Waals surface area contributed by atoms with E-state index in [4.69, 9.17) is 5.73 Å². The summed E-state index contributed by atoms with van der Waals surface area (Å²) in [5.74, 6) is 0. The molecule has 6 heteroatoms. The normalized spacial score (nSPS) is 11.5. The number of nitrogen functional groups attached to an aromatic ring is 1. The summed E-state index contributed by atoms with van der Waals surface area (Å²) < 4.78 is 37.1. The Morgan fingerprint density at radius 1 is 1.06 bits per heavy atom. The van der Waals surface area contributed by atoms with Crippen LogP contribution in [-0.2, 0) is 6.18 Å². The molecule has 0 saturated carbocycles. The van der Waals surface area contributed by atoms with Gasteiger partial charge in [-0.05, 0) is 23.8 Å². The van der Waals surface area contributed by atoms with Gasteiger partial charge in [0.2, 0.25) is 0 Å². The highest BCUT2D eigenvalue weighted by Crippen LogP contribution is 2.30. The molecule has 18 heavy (non-hydrogen) atoms. The number of aromatic amines is 1. The maximum Gasteiger partial charge on any atom is 0.416 e. The number of nitrogens with one attached hydrogen (secondary N) is 1. The molecule has 0 saturated heterocycles. The van der Waals surface area contributed by atoms with Gasteiger partial charge in [0.05, 0.1) is 11.3 Å². The predicted molar refractivity (Wildman–Crippen MR) is 61.9 cm³/mol. The number of H-pyrrole nitrogens is 1. The van der Waals surface area contributed by atoms with E-state index in [-0.39, 0.29) is 5.69 Å². The first kappa shape index (κ1) is 12.2. The van der Waals surface area contributed by atoms with Gasteiger partial charge >= 0.3 is 6.18 Å². The minimum Gasteiger partial charge on any atom is -0.394 e. The van der Waals surface area contributed by atoms with Crippen molar-refractivity contribution in [3.05, 3.63) is 52.4 Å². The highest BCUT2D eigenvalue weighted by Gasteiger charge is 2.29. The van der Waals surface area contributed by atoms with Gasteiger partial charge < -0.3 is 10.7 Å². The molecule has 0 aliphatic carbocycles. The van der Waals surface area contributed by atoms with E-state index >= 15 is 0 Å². The molecule has 0 aliphatic rings. The largest absolute Gasteiger partial charge is 0.416 e. The van der Waals surface area contributed by atoms with Crippen molar-refractivity contribution in [2.75, 3.05) is 5.73 Å². The van der Waals surface area contributed by atoms with Crippen LogP contribution in [0.3, 0.4) is 0 Å². The SMILES string of the molecule is Nc1cc(-c2ccc(C(F)(F)F)cc2)c[nH]c1=O. The second-order valence-corrected chi connectivity index (χ2v) is 3.75. The Morgan fingerprint density at radius 3 is 2.17 bits per heavy atom. The Hall–Kier alpha value is -2.24. The van der Waals surface area contributed by atoms with Crippen molar-refractivity contribution in [3.63, 3.8) is 0 Å². The van der Waals surface area contributed by atoms with Gasteiger partial charge in [0.1, 0.15) is 0 Å². The maximum atomic E-state index is 12.4. The molecule has 1 aromatic carbocycles. The lowest BCUT2D eigenvalue weighted by molar-refractivity contribution is -0.137. The quantitative estimate of drug-likeness (QED) is 0.821. The molecule has 0 radical (unpaired) electrons. The Labute approximate surface area is 100 Å². The van der Waals surface area contributed by atoms with Gasteiger partial charge in [-0.1, -0.05) is 12.1 Å². The summed E-state index contributed by atoms with van der Waals surface area (Å²) in [6, 6.07) is 6.04. The molecule has 0 amide bonds. The van der Waals surface area contributed by atoms with Gasteiger partial charge in [-0.25, -0.2) is 0 Å². The first-order valence-electron chi connectivity index (χ1n) is 5.04. The van der Waals surface area contributed by atoms with Gasteiger partial charge in [0.15, 0.2) is 0 Å². The zero-order valence-electron chi connectivity index (χ0n) is 9.08. The van der Waals surface area contributed by atoms with Crippen molar-refractivity contribution in [3.8, 4) is 11.1 Å². The fraction of sp³-hybridized carbons (Fsp3) is 0.0833. The van der Waals surface area contributed by atoms with Gasteiger partial charge in [-0.3, -0.25) is 4.79 Å². The van der Waals surface area contributed by atoms with Crippen molar-refractivity contribution >= 4 is 5.69 Å². The van der Waals surface area contributed by atoms with Crippen LogP contribution in [0.15, 0.2) is 41.3 Å². The molecular formula is C12H9F3N2O. The highest BCUT2D eigenvalue weighted by molar-refractivity contribution is 5.66. The average molecular weight is 254 g/mol. The second-order valence-electron chi connectivity index (χ2n) is 3.75. The van der Waals surface area contributed by atoms with E-state index in [0.29, 0.717) is 11.1 Å². The minimum atomic E-state index is -4.36. The van der Waals surface area contributed by atoms with E-state index in [1.54, 1.807) is 0 Å². The van der Waals surface area contributed by atoms with Crippen LogP contribution in [0.4, 0.5) is 18.9 Å². The predicted octanol–water partition coefficient (Wildman–Crippen LogP) is 2.64. The van der Waals surface area contributed by atoms with Crippen LogP contribution in [-0.4, -0.2) is 4.98 Å². The monoisotopic (exact) mass is 254 g/mol. The lowest BCUT2D eigenvalue weighted by Gasteiger charge is -2.07. The summed E-state index contributed by atoms with van der Waals surface area (Å²) in [6.45, 7) is 0. The van der Waals surface area contributed by atoms with E-state index in [9.17, 15) is 18.0 Å². The molecule has 0 bridgehead atoms. The van der Waals surface area contributed by atoms with Gasteiger partial charge in [-0.15, -0.1) is 0 Å². The number of rotatable bonds is 1. The number of pyridine rings is 1. The van der Waals surface area contributed by atoms with Crippen LogP contribution in [0.2, 0.25) is 0 Å². The Kier molecular flexibility index (Phi) is 2.86. The zero-order chi connectivity index (χ0) is 13.3. The van der Waals surface area contributed by atoms with E-state index in [1.165, 1.54) is 24.4 Å². The molecule has 3 N–H and O–H groups in total. The molecule has 0 atom stereocenters. The number of hydrogen-bond acceptors (Lipinski definition) is 2. The Balaban J connectivity index is 2.40. The fourth-order valence-electron chi connectivity index (χ4n) is 1.52. The van der Waals surface area contributed by atoms with Crippen LogP contribution in [0.25, 0.3) is 11.1 Å². The number of nitrogens with two attached hydrogens (primary N) is 1. The van der Waals surface area contributed by atoms with Crippen LogP contribution < -0.4 is 11.3 Å². The molecule has 2 rings (SSSR count). The molecule has 94 valence electrons. The summed E-state index contributed by atoms with van der Waals surface area (Å²) in [4.78, 5) is 13.5. The third kappa shape index (κ3) is 2.37. The van der Waals surface area contributed by atoms with Crippen molar-refractivity contribution < 1.29 is 13.2 Å². The average Bonchev–Trinajstić information content (AvgIpc) is 2.32. The van der Waals surface area contributed by atoms with Gasteiger partial charge in [0, 0.05) is 11.8 Å². The Morgan fingerprint density at radius 2 is 1.67 bits per heavy atom. The lowest BCUT2D eigenvalue weighted by atomic mass is 10.1. The molecule has 3 nitrogen and oxygen atoms in total. The number of hydrogen-bond donors (Lipinski definition) is 2. The minimum absolute atomic E-state index is 0.0207. The van der Waals surface area contributed by atoms with Crippen LogP contribution >= 0.6 is 0 Å². The molecule has 1 heterocycles. The molecule has 1 aromatic heterocycles. The second kappa shape index (κ2) is 4.21. The third-order valence-corrected chi connectivity index (χ3v) is 2.48. The van der Waals surface area contributed by atoms with Crippen molar-refractivity contribution in [1.82, 2.24) is 4.98 Å². The molecule has 0 spiro atoms. The van der Waals surface area contributed by atoms with E-state index in [1.807, 2.05) is 0 Å². The third-order valence-electron chi connectivity index (χ3n) is 2.48. The van der Waals surface area contributed by atoms with E-state index in [2.05, 4.69) is 4.98 Å². The molecular weight excluding hydrogens is 245 g/mol. The van der Waals surface area contributed by atoms with Crippen molar-refractivity contribution in [2.45, 2.75) is 6.18 Å². The van der Waals surface area contributed by atoms with Gasteiger partial charge in [-0.2, -0.15) is 13.2 Å². The standard InChI is InChI=1S/C12H9F3N2O/c13-12(14,15)9-3-1-7(2-4-9)8-5-10(16)11(18)17-6-8/h1-6H,16H2,(H,17,18). The number of benzene rings is 1. The van der Waals surface area contributed by atoms with Crippen LogP contribution in [0.5, 0.6) is 0 Å². The van der Waals surface area contributed by atoms with E-state index < -0.39 is 17.3 Å². The topological polar surface area (TPSA) is 58.9 Å².